The van der Waals surface area contributed by atoms with Crippen molar-refractivity contribution in [3.63, 3.8) is 0 Å². The number of hydrogen-bond acceptors (Lipinski definition) is 18. The summed E-state index contributed by atoms with van der Waals surface area (Å²) >= 11 is 0. The van der Waals surface area contributed by atoms with E-state index in [1.54, 1.807) is 7.05 Å². The number of unbranched alkanes of at least 4 members (excludes halogenated alkanes) is 5. The van der Waals surface area contributed by atoms with Crippen molar-refractivity contribution in [1.29, 1.82) is 0 Å². The van der Waals surface area contributed by atoms with Gasteiger partial charge in [0.1, 0.15) is 67.1 Å². The van der Waals surface area contributed by atoms with Gasteiger partial charge in [0.2, 0.25) is 11.8 Å². The maximum absolute atomic E-state index is 12.5. The molecule has 21 nitrogen and oxygen atoms in total. The van der Waals surface area contributed by atoms with Crippen LogP contribution in [-0.4, -0.2) is 179 Å². The zero-order chi connectivity index (χ0) is 38.7. The SMILES string of the molecule is CNC(=O)CCCCCCCCO[C@@H]1O[C@H](CO)[C@@H](O[C@@H]2O[C@H](CO)[C@H](O)[C@H](OS(=O)(=O)O)[C@H]2O)[C@H](O[C@@H]2O[C@@H](C)[C@@H](O)[C@@H](O)[C@@H]2O)[C@H]1NC(C)=O. The monoisotopic (exact) mass is 778 g/mol. The molecule has 22 heteroatoms. The molecule has 0 aliphatic carbocycles. The lowest BCUT2D eigenvalue weighted by molar-refractivity contribution is -0.372. The van der Waals surface area contributed by atoms with Crippen molar-refractivity contribution < 1.29 is 90.9 Å². The highest BCUT2D eigenvalue weighted by Crippen LogP contribution is 2.34. The average molecular weight is 779 g/mol. The Balaban J connectivity index is 1.86. The van der Waals surface area contributed by atoms with Gasteiger partial charge in [-0.15, -0.1) is 0 Å². The Morgan fingerprint density at radius 3 is 1.88 bits per heavy atom. The summed E-state index contributed by atoms with van der Waals surface area (Å²) in [5.41, 5.74) is 0. The summed E-state index contributed by atoms with van der Waals surface area (Å²) in [4.78, 5) is 23.9. The number of rotatable bonds is 19. The lowest BCUT2D eigenvalue weighted by Gasteiger charge is -2.50. The van der Waals surface area contributed by atoms with Crippen molar-refractivity contribution in [2.24, 2.45) is 0 Å². The summed E-state index contributed by atoms with van der Waals surface area (Å²) in [6.07, 6.45) is -18.6. The van der Waals surface area contributed by atoms with Gasteiger partial charge in [-0.1, -0.05) is 25.7 Å². The minimum atomic E-state index is -5.27. The van der Waals surface area contributed by atoms with Gasteiger partial charge >= 0.3 is 10.4 Å². The normalized spacial score (nSPS) is 38.5. The van der Waals surface area contributed by atoms with Crippen LogP contribution in [0.15, 0.2) is 0 Å². The van der Waals surface area contributed by atoms with E-state index < -0.39 is 122 Å². The molecule has 10 N–H and O–H groups in total. The first kappa shape index (κ1) is 44.7. The number of ether oxygens (including phenoxy) is 6. The van der Waals surface area contributed by atoms with E-state index >= 15 is 0 Å². The van der Waals surface area contributed by atoms with Crippen LogP contribution in [0.2, 0.25) is 0 Å². The molecule has 3 rings (SSSR count). The van der Waals surface area contributed by atoms with Crippen LogP contribution in [0.1, 0.15) is 58.8 Å². The average Bonchev–Trinajstić information content (AvgIpc) is 3.09. The number of nitrogens with one attached hydrogen (secondary N) is 2. The molecular formula is C30H54N2O19S. The molecule has 0 aromatic carbocycles. The van der Waals surface area contributed by atoms with Crippen LogP contribution in [0.3, 0.4) is 0 Å². The summed E-state index contributed by atoms with van der Waals surface area (Å²) in [6.45, 7) is 0.906. The zero-order valence-electron chi connectivity index (χ0n) is 29.2. The Hall–Kier alpha value is -1.71. The van der Waals surface area contributed by atoms with Crippen LogP contribution >= 0.6 is 0 Å². The topological polar surface area (TPSA) is 319 Å². The van der Waals surface area contributed by atoms with E-state index in [1.807, 2.05) is 0 Å². The van der Waals surface area contributed by atoms with Crippen molar-refractivity contribution in [2.45, 2.75) is 151 Å². The maximum atomic E-state index is 12.5. The molecule has 0 saturated carbocycles. The van der Waals surface area contributed by atoms with Crippen molar-refractivity contribution >= 4 is 22.2 Å². The minimum Gasteiger partial charge on any atom is -0.394 e. The summed E-state index contributed by atoms with van der Waals surface area (Å²) in [7, 11) is -3.69. The van der Waals surface area contributed by atoms with Crippen LogP contribution in [0.4, 0.5) is 0 Å². The molecule has 0 radical (unpaired) electrons. The van der Waals surface area contributed by atoms with E-state index in [0.29, 0.717) is 12.8 Å². The molecule has 2 amide bonds. The second-order valence-corrected chi connectivity index (χ2v) is 14.0. The van der Waals surface area contributed by atoms with Gasteiger partial charge in [0.25, 0.3) is 0 Å². The van der Waals surface area contributed by atoms with Crippen LogP contribution in [0, 0.1) is 0 Å². The van der Waals surface area contributed by atoms with Gasteiger partial charge in [-0.25, -0.2) is 4.18 Å². The van der Waals surface area contributed by atoms with E-state index in [0.717, 1.165) is 32.1 Å². The Morgan fingerprint density at radius 1 is 0.712 bits per heavy atom. The number of carbonyl (C=O) groups excluding carboxylic acids is 2. The predicted octanol–water partition coefficient (Wildman–Crippen LogP) is -4.07. The summed E-state index contributed by atoms with van der Waals surface area (Å²) in [5.74, 6) is -0.647. The largest absolute Gasteiger partial charge is 0.397 e. The van der Waals surface area contributed by atoms with Crippen molar-refractivity contribution in [3.05, 3.63) is 0 Å². The van der Waals surface area contributed by atoms with E-state index in [-0.39, 0.29) is 12.5 Å². The van der Waals surface area contributed by atoms with Crippen LogP contribution in [-0.2, 0) is 52.6 Å². The second kappa shape index (κ2) is 20.8. The Bertz CT molecular complexity index is 1220. The molecule has 3 aliphatic heterocycles. The molecule has 0 aromatic heterocycles. The second-order valence-electron chi connectivity index (χ2n) is 12.9. The smallest absolute Gasteiger partial charge is 0.394 e. The summed E-state index contributed by atoms with van der Waals surface area (Å²) in [6, 6.07) is -1.32. The number of aliphatic hydroxyl groups is 7. The highest BCUT2D eigenvalue weighted by Gasteiger charge is 2.55. The fourth-order valence-electron chi connectivity index (χ4n) is 6.18. The summed E-state index contributed by atoms with van der Waals surface area (Å²) < 4.78 is 71.9. The Kier molecular flexibility index (Phi) is 17.9. The van der Waals surface area contributed by atoms with Crippen LogP contribution in [0.25, 0.3) is 0 Å². The predicted molar refractivity (Wildman–Crippen MR) is 172 cm³/mol. The highest BCUT2D eigenvalue weighted by atomic mass is 32.3. The first-order valence-electron chi connectivity index (χ1n) is 17.2. The first-order valence-corrected chi connectivity index (χ1v) is 18.5. The van der Waals surface area contributed by atoms with E-state index in [1.165, 1.54) is 13.8 Å². The Labute approximate surface area is 301 Å². The Morgan fingerprint density at radius 2 is 1.29 bits per heavy atom. The molecule has 3 saturated heterocycles. The number of amides is 2. The van der Waals surface area contributed by atoms with Gasteiger partial charge < -0.3 is 74.8 Å². The molecule has 0 unspecified atom stereocenters. The molecular weight excluding hydrogens is 724 g/mol. The lowest BCUT2D eigenvalue weighted by Crippen LogP contribution is -2.70. The van der Waals surface area contributed by atoms with Crippen molar-refractivity contribution in [1.82, 2.24) is 10.6 Å². The number of hydrogen-bond donors (Lipinski definition) is 10. The lowest BCUT2D eigenvalue weighted by atomic mass is 9.94. The molecule has 0 bridgehead atoms. The van der Waals surface area contributed by atoms with Gasteiger partial charge in [0, 0.05) is 27.0 Å². The van der Waals surface area contributed by atoms with Gasteiger partial charge in [0.15, 0.2) is 18.9 Å². The number of carbonyl (C=O) groups is 2. The van der Waals surface area contributed by atoms with Crippen molar-refractivity contribution in [3.8, 4) is 0 Å². The first-order chi connectivity index (χ1) is 24.5. The van der Waals surface area contributed by atoms with E-state index in [4.69, 9.17) is 28.4 Å². The molecule has 0 aromatic rings. The quantitative estimate of drug-likeness (QED) is 0.0440. The molecule has 15 atom stereocenters. The third-order valence-electron chi connectivity index (χ3n) is 9.00. The maximum Gasteiger partial charge on any atom is 0.397 e. The van der Waals surface area contributed by atoms with E-state index in [9.17, 15) is 58.3 Å². The molecule has 3 fully saturated rings. The van der Waals surface area contributed by atoms with Crippen molar-refractivity contribution in [2.75, 3.05) is 26.9 Å². The number of aliphatic hydroxyl groups excluding tert-OH is 7. The standard InChI is InChI=1S/C30H54N2O19S/c1-14-20(37)22(39)23(40)29(46-14)50-26-19(32-15(2)35)28(45-11-9-7-5-4-6-8-10-18(36)31-3)48-17(13-34)25(26)49-30-24(41)27(51-52(42,43)44)21(38)16(12-33)47-30/h14,16-17,19-30,33-34,37-41H,4-13H2,1-3H3,(H,31,36)(H,32,35)(H,42,43,44)/t14-,16+,17+,19+,20+,21-,22+,23-,24+,25+,26+,27-,28+,29-,30-/m0/s1. The third-order valence-corrected chi connectivity index (χ3v) is 9.47. The van der Waals surface area contributed by atoms with Crippen LogP contribution < -0.4 is 10.6 Å². The molecule has 304 valence electrons. The van der Waals surface area contributed by atoms with E-state index in [2.05, 4.69) is 14.8 Å². The van der Waals surface area contributed by atoms with Gasteiger partial charge in [0.05, 0.1) is 19.3 Å². The zero-order valence-corrected chi connectivity index (χ0v) is 30.0. The van der Waals surface area contributed by atoms with Gasteiger partial charge in [-0.2, -0.15) is 8.42 Å². The third kappa shape index (κ3) is 12.4. The highest BCUT2D eigenvalue weighted by molar-refractivity contribution is 7.80. The molecule has 3 aliphatic rings. The fraction of sp³-hybridized carbons (Fsp3) is 0.933. The molecule has 0 spiro atoms. The fourth-order valence-corrected chi connectivity index (χ4v) is 6.69. The minimum absolute atomic E-state index is 0.0236. The molecule has 52 heavy (non-hydrogen) atoms. The van der Waals surface area contributed by atoms with Gasteiger partial charge in [-0.05, 0) is 19.8 Å². The van der Waals surface area contributed by atoms with Gasteiger partial charge in [-0.3, -0.25) is 14.1 Å². The molecule has 3 heterocycles. The summed E-state index contributed by atoms with van der Waals surface area (Å²) in [5, 5.41) is 78.3. The van der Waals surface area contributed by atoms with Crippen LogP contribution in [0.5, 0.6) is 0 Å².